The molecule has 0 bridgehead atoms. The highest BCUT2D eigenvalue weighted by molar-refractivity contribution is 7.20. The van der Waals surface area contributed by atoms with Gasteiger partial charge in [-0.1, -0.05) is 12.1 Å². The van der Waals surface area contributed by atoms with E-state index in [-0.39, 0.29) is 11.7 Å². The van der Waals surface area contributed by atoms with Crippen LogP contribution < -0.4 is 10.2 Å². The molecule has 2 aromatic heterocycles. The number of aromatic nitrogens is 1. The molecule has 1 aliphatic heterocycles. The van der Waals surface area contributed by atoms with E-state index < -0.39 is 0 Å². The summed E-state index contributed by atoms with van der Waals surface area (Å²) in [6, 6.07) is 10.1. The van der Waals surface area contributed by atoms with Crippen LogP contribution in [0.2, 0.25) is 0 Å². The topological polar surface area (TPSA) is 45.2 Å². The highest BCUT2D eigenvalue weighted by Crippen LogP contribution is 2.30. The van der Waals surface area contributed by atoms with Crippen molar-refractivity contribution in [3.63, 3.8) is 0 Å². The molecule has 0 atom stereocenters. The first kappa shape index (κ1) is 19.8. The molecule has 4 nitrogen and oxygen atoms in total. The molecule has 152 valence electrons. The quantitative estimate of drug-likeness (QED) is 0.642. The van der Waals surface area contributed by atoms with Crippen LogP contribution in [0.3, 0.4) is 0 Å². The Kier molecular flexibility index (Phi) is 5.81. The molecule has 3 heterocycles. The van der Waals surface area contributed by atoms with Crippen molar-refractivity contribution in [1.29, 1.82) is 0 Å². The maximum absolute atomic E-state index is 13.8. The van der Waals surface area contributed by atoms with Crippen LogP contribution in [0, 0.1) is 19.7 Å². The number of hydrogen-bond acceptors (Lipinski definition) is 4. The van der Waals surface area contributed by atoms with Gasteiger partial charge in [-0.2, -0.15) is 0 Å². The molecule has 6 heteroatoms. The molecule has 4 rings (SSSR count). The van der Waals surface area contributed by atoms with Gasteiger partial charge in [-0.3, -0.25) is 4.79 Å². The Balaban J connectivity index is 1.36. The third kappa shape index (κ3) is 4.27. The van der Waals surface area contributed by atoms with E-state index in [1.54, 1.807) is 6.92 Å². The highest BCUT2D eigenvalue weighted by Gasteiger charge is 2.17. The van der Waals surface area contributed by atoms with E-state index >= 15 is 0 Å². The average Bonchev–Trinajstić information content (AvgIpc) is 3.05. The fraction of sp³-hybridized carbons (Fsp3) is 0.391. The van der Waals surface area contributed by atoms with Crippen LogP contribution in [0.25, 0.3) is 10.2 Å². The lowest BCUT2D eigenvalue weighted by Gasteiger charge is -2.28. The van der Waals surface area contributed by atoms with Crippen molar-refractivity contribution in [2.24, 2.45) is 0 Å². The number of pyridine rings is 1. The maximum atomic E-state index is 13.8. The van der Waals surface area contributed by atoms with Crippen molar-refractivity contribution in [3.8, 4) is 0 Å². The Labute approximate surface area is 174 Å². The smallest absolute Gasteiger partial charge is 0.261 e. The van der Waals surface area contributed by atoms with Gasteiger partial charge in [0.1, 0.15) is 10.6 Å². The largest absolute Gasteiger partial charge is 0.372 e. The van der Waals surface area contributed by atoms with Gasteiger partial charge in [-0.15, -0.1) is 11.3 Å². The number of anilines is 1. The predicted molar refractivity (Wildman–Crippen MR) is 118 cm³/mol. The van der Waals surface area contributed by atoms with Gasteiger partial charge in [-0.25, -0.2) is 9.37 Å². The van der Waals surface area contributed by atoms with E-state index in [0.29, 0.717) is 21.9 Å². The first-order chi connectivity index (χ1) is 14.0. The standard InChI is InChI=1S/C23H26FN3OS/c1-15-19-14-20(24)16(2)26-23(19)29-21(15)22(28)25-11-10-17-6-8-18(9-7-17)27-12-4-3-5-13-27/h6-9,14H,3-5,10-13H2,1-2H3,(H,25,28). The number of rotatable bonds is 5. The molecule has 0 radical (unpaired) electrons. The van der Waals surface area contributed by atoms with E-state index in [1.807, 2.05) is 6.92 Å². The number of nitrogens with zero attached hydrogens (tertiary/aromatic N) is 2. The van der Waals surface area contributed by atoms with Gasteiger partial charge in [-0.05, 0) is 68.9 Å². The number of hydrogen-bond donors (Lipinski definition) is 1. The van der Waals surface area contributed by atoms with Crippen LogP contribution in [-0.2, 0) is 6.42 Å². The molecule has 1 saturated heterocycles. The zero-order valence-electron chi connectivity index (χ0n) is 16.9. The molecule has 0 unspecified atom stereocenters. The molecular weight excluding hydrogens is 385 g/mol. The lowest BCUT2D eigenvalue weighted by Crippen LogP contribution is -2.29. The van der Waals surface area contributed by atoms with Gasteiger partial charge >= 0.3 is 0 Å². The molecule has 0 spiro atoms. The van der Waals surface area contributed by atoms with Gasteiger partial charge in [0.15, 0.2) is 0 Å². The summed E-state index contributed by atoms with van der Waals surface area (Å²) in [6.07, 6.45) is 4.65. The van der Waals surface area contributed by atoms with E-state index in [0.717, 1.165) is 30.5 Å². The number of halogens is 1. The number of fused-ring (bicyclic) bond motifs is 1. The Hall–Kier alpha value is -2.47. The van der Waals surface area contributed by atoms with E-state index in [2.05, 4.69) is 39.5 Å². The van der Waals surface area contributed by atoms with Crippen molar-refractivity contribution >= 4 is 33.1 Å². The SMILES string of the molecule is Cc1nc2sc(C(=O)NCCc3ccc(N4CCCCC4)cc3)c(C)c2cc1F. The van der Waals surface area contributed by atoms with Gasteiger partial charge in [0.25, 0.3) is 5.91 Å². The molecule has 1 fully saturated rings. The Morgan fingerprint density at radius 3 is 2.62 bits per heavy atom. The summed E-state index contributed by atoms with van der Waals surface area (Å²) in [5.74, 6) is -0.452. The van der Waals surface area contributed by atoms with Gasteiger partial charge in [0.2, 0.25) is 0 Å². The van der Waals surface area contributed by atoms with E-state index in [1.165, 1.54) is 47.9 Å². The number of amides is 1. The molecule has 0 saturated carbocycles. The first-order valence-corrected chi connectivity index (χ1v) is 11.0. The van der Waals surface area contributed by atoms with E-state index in [4.69, 9.17) is 0 Å². The zero-order chi connectivity index (χ0) is 20.4. The third-order valence-electron chi connectivity index (χ3n) is 5.62. The molecule has 1 aliphatic rings. The number of nitrogens with one attached hydrogen (secondary N) is 1. The Morgan fingerprint density at radius 1 is 1.17 bits per heavy atom. The molecule has 1 N–H and O–H groups in total. The monoisotopic (exact) mass is 411 g/mol. The molecule has 1 amide bonds. The van der Waals surface area contributed by atoms with Crippen molar-refractivity contribution in [3.05, 3.63) is 57.8 Å². The number of benzene rings is 1. The average molecular weight is 412 g/mol. The van der Waals surface area contributed by atoms with Crippen LogP contribution in [0.5, 0.6) is 0 Å². The fourth-order valence-corrected chi connectivity index (χ4v) is 4.97. The molecule has 1 aromatic carbocycles. The molecular formula is C23H26FN3OS. The fourth-order valence-electron chi connectivity index (χ4n) is 3.84. The van der Waals surface area contributed by atoms with Crippen molar-refractivity contribution in [2.45, 2.75) is 39.5 Å². The summed E-state index contributed by atoms with van der Waals surface area (Å²) in [4.78, 5) is 20.7. The minimum atomic E-state index is -0.335. The minimum absolute atomic E-state index is 0.117. The summed E-state index contributed by atoms with van der Waals surface area (Å²) >= 11 is 1.32. The summed E-state index contributed by atoms with van der Waals surface area (Å²) in [7, 11) is 0. The highest BCUT2D eigenvalue weighted by atomic mass is 32.1. The lowest BCUT2D eigenvalue weighted by molar-refractivity contribution is 0.0957. The Bertz CT molecular complexity index is 1020. The van der Waals surface area contributed by atoms with Crippen molar-refractivity contribution < 1.29 is 9.18 Å². The van der Waals surface area contributed by atoms with Crippen LogP contribution in [0.15, 0.2) is 30.3 Å². The van der Waals surface area contributed by atoms with Crippen LogP contribution in [0.4, 0.5) is 10.1 Å². The molecule has 3 aromatic rings. The van der Waals surface area contributed by atoms with Crippen molar-refractivity contribution in [2.75, 3.05) is 24.5 Å². The number of aryl methyl sites for hydroxylation is 2. The summed E-state index contributed by atoms with van der Waals surface area (Å²) < 4.78 is 13.8. The minimum Gasteiger partial charge on any atom is -0.372 e. The van der Waals surface area contributed by atoms with Gasteiger partial charge < -0.3 is 10.2 Å². The van der Waals surface area contributed by atoms with Crippen LogP contribution >= 0.6 is 11.3 Å². The summed E-state index contributed by atoms with van der Waals surface area (Å²) in [5.41, 5.74) is 3.64. The molecule has 0 aliphatic carbocycles. The maximum Gasteiger partial charge on any atom is 0.261 e. The number of thiophene rings is 1. The predicted octanol–water partition coefficient (Wildman–Crippen LogP) is 5.02. The number of piperidine rings is 1. The first-order valence-electron chi connectivity index (χ1n) is 10.2. The lowest BCUT2D eigenvalue weighted by atomic mass is 10.1. The number of carbonyl (C=O) groups is 1. The second kappa shape index (κ2) is 8.49. The van der Waals surface area contributed by atoms with Crippen LogP contribution in [-0.4, -0.2) is 30.5 Å². The van der Waals surface area contributed by atoms with Crippen molar-refractivity contribution in [1.82, 2.24) is 10.3 Å². The van der Waals surface area contributed by atoms with Gasteiger partial charge in [0, 0.05) is 30.7 Å². The van der Waals surface area contributed by atoms with Gasteiger partial charge in [0.05, 0.1) is 10.6 Å². The summed E-state index contributed by atoms with van der Waals surface area (Å²) in [5, 5.41) is 3.72. The zero-order valence-corrected chi connectivity index (χ0v) is 17.7. The third-order valence-corrected chi connectivity index (χ3v) is 6.82. The normalized spacial score (nSPS) is 14.4. The summed E-state index contributed by atoms with van der Waals surface area (Å²) in [6.45, 7) is 6.34. The second-order valence-electron chi connectivity index (χ2n) is 7.68. The Morgan fingerprint density at radius 2 is 1.90 bits per heavy atom. The number of carbonyl (C=O) groups excluding carboxylic acids is 1. The molecule has 29 heavy (non-hydrogen) atoms. The van der Waals surface area contributed by atoms with E-state index in [9.17, 15) is 9.18 Å². The van der Waals surface area contributed by atoms with Crippen LogP contribution in [0.1, 0.15) is 45.8 Å². The second-order valence-corrected chi connectivity index (χ2v) is 8.68.